The number of allylic oxidation sites excluding steroid dienone is 1. The van der Waals surface area contributed by atoms with Crippen molar-refractivity contribution < 1.29 is 14.3 Å². The van der Waals surface area contributed by atoms with E-state index in [-0.39, 0.29) is 24.3 Å². The van der Waals surface area contributed by atoms with E-state index in [1.807, 2.05) is 12.3 Å². The first-order valence-corrected chi connectivity index (χ1v) is 13.2. The summed E-state index contributed by atoms with van der Waals surface area (Å²) in [6, 6.07) is 6.24. The second-order valence-corrected chi connectivity index (χ2v) is 10.8. The van der Waals surface area contributed by atoms with Crippen LogP contribution in [0.25, 0.3) is 0 Å². The van der Waals surface area contributed by atoms with E-state index in [4.69, 9.17) is 9.73 Å². The Morgan fingerprint density at radius 3 is 2.74 bits per heavy atom. The summed E-state index contributed by atoms with van der Waals surface area (Å²) in [5.74, 6) is 1.10. The van der Waals surface area contributed by atoms with Crippen LogP contribution in [-0.2, 0) is 14.3 Å². The van der Waals surface area contributed by atoms with Crippen LogP contribution in [0.1, 0.15) is 68.2 Å². The summed E-state index contributed by atoms with van der Waals surface area (Å²) in [5.41, 5.74) is 5.45. The number of hydrogen-bond donors (Lipinski definition) is 1. The Balaban J connectivity index is 1.47. The van der Waals surface area contributed by atoms with Gasteiger partial charge in [0.15, 0.2) is 5.17 Å². The molecular formula is C27H33N3O3S. The lowest BCUT2D eigenvalue weighted by Crippen LogP contribution is -2.41. The van der Waals surface area contributed by atoms with Gasteiger partial charge < -0.3 is 15.0 Å². The van der Waals surface area contributed by atoms with Crippen molar-refractivity contribution in [1.82, 2.24) is 10.2 Å². The highest BCUT2D eigenvalue weighted by Gasteiger charge is 2.43. The molecule has 2 aliphatic heterocycles. The number of aryl methyl sites for hydroxylation is 2. The van der Waals surface area contributed by atoms with Crippen LogP contribution in [0.4, 0.5) is 0 Å². The first-order valence-electron chi connectivity index (χ1n) is 12.3. The molecule has 180 valence electrons. The Labute approximate surface area is 205 Å². The van der Waals surface area contributed by atoms with Crippen molar-refractivity contribution in [2.45, 2.75) is 71.4 Å². The number of ether oxygens (including phenoxy) is 1. The number of rotatable bonds is 6. The Kier molecular flexibility index (Phi) is 6.32. The predicted molar refractivity (Wildman–Crippen MR) is 135 cm³/mol. The molecule has 5 rings (SSSR count). The second-order valence-electron chi connectivity index (χ2n) is 9.99. The van der Waals surface area contributed by atoms with Gasteiger partial charge in [-0.05, 0) is 67.9 Å². The SMILES string of the molecule is CCC1=C(C(=O)OC)[C@@H](c2cc(C)ccc2C)N2C(CC(=O)N[C@H]3C[C@H]4CC[C@H]3C4)=CSC2=N1. The van der Waals surface area contributed by atoms with Gasteiger partial charge in [-0.3, -0.25) is 4.79 Å². The number of esters is 1. The van der Waals surface area contributed by atoms with Crippen molar-refractivity contribution in [3.05, 3.63) is 57.3 Å². The van der Waals surface area contributed by atoms with Crippen LogP contribution in [0.15, 0.2) is 45.6 Å². The average molecular weight is 480 g/mol. The Bertz CT molecular complexity index is 1120. The molecule has 0 saturated heterocycles. The van der Waals surface area contributed by atoms with Gasteiger partial charge in [-0.1, -0.05) is 48.9 Å². The van der Waals surface area contributed by atoms with Gasteiger partial charge in [0.1, 0.15) is 0 Å². The van der Waals surface area contributed by atoms with Crippen LogP contribution in [0.5, 0.6) is 0 Å². The van der Waals surface area contributed by atoms with Crippen LogP contribution < -0.4 is 5.32 Å². The lowest BCUT2D eigenvalue weighted by atomic mass is 9.89. The van der Waals surface area contributed by atoms with Crippen molar-refractivity contribution in [2.24, 2.45) is 16.8 Å². The minimum Gasteiger partial charge on any atom is -0.466 e. The third-order valence-electron chi connectivity index (χ3n) is 7.78. The third kappa shape index (κ3) is 4.08. The second kappa shape index (κ2) is 9.25. The summed E-state index contributed by atoms with van der Waals surface area (Å²) in [4.78, 5) is 33.1. The summed E-state index contributed by atoms with van der Waals surface area (Å²) < 4.78 is 5.23. The molecule has 2 bridgehead atoms. The highest BCUT2D eigenvalue weighted by atomic mass is 32.2. The Hall–Kier alpha value is -2.54. The minimum absolute atomic E-state index is 0.0512. The normalized spacial score (nSPS) is 27.5. The monoisotopic (exact) mass is 479 g/mol. The molecule has 1 aromatic rings. The van der Waals surface area contributed by atoms with E-state index in [2.05, 4.69) is 42.3 Å². The van der Waals surface area contributed by atoms with Crippen LogP contribution >= 0.6 is 11.8 Å². The van der Waals surface area contributed by atoms with Crippen molar-refractivity contribution in [3.63, 3.8) is 0 Å². The number of carbonyl (C=O) groups excluding carboxylic acids is 2. The lowest BCUT2D eigenvalue weighted by molar-refractivity contribution is -0.136. The van der Waals surface area contributed by atoms with Gasteiger partial charge in [0, 0.05) is 11.7 Å². The van der Waals surface area contributed by atoms with E-state index in [1.54, 1.807) is 0 Å². The van der Waals surface area contributed by atoms with Crippen molar-refractivity contribution in [2.75, 3.05) is 7.11 Å². The molecular weight excluding hydrogens is 446 g/mol. The molecule has 0 aromatic heterocycles. The maximum absolute atomic E-state index is 13.1. The van der Waals surface area contributed by atoms with E-state index in [1.165, 1.54) is 38.1 Å². The van der Waals surface area contributed by atoms with Gasteiger partial charge in [0.05, 0.1) is 30.8 Å². The number of fused-ring (bicyclic) bond motifs is 3. The number of aliphatic imine (C=N–C) groups is 1. The molecule has 4 atom stereocenters. The van der Waals surface area contributed by atoms with Gasteiger partial charge in [-0.25, -0.2) is 9.79 Å². The highest BCUT2D eigenvalue weighted by Crippen LogP contribution is 2.47. The topological polar surface area (TPSA) is 71.0 Å². The van der Waals surface area contributed by atoms with E-state index in [0.29, 0.717) is 24.0 Å². The number of nitrogens with zero attached hydrogens (tertiary/aromatic N) is 2. The molecule has 1 amide bonds. The molecule has 2 aliphatic carbocycles. The predicted octanol–water partition coefficient (Wildman–Crippen LogP) is 5.14. The molecule has 0 spiro atoms. The van der Waals surface area contributed by atoms with E-state index >= 15 is 0 Å². The highest BCUT2D eigenvalue weighted by molar-refractivity contribution is 8.16. The fourth-order valence-electron chi connectivity index (χ4n) is 6.10. The zero-order valence-corrected chi connectivity index (χ0v) is 21.2. The molecule has 34 heavy (non-hydrogen) atoms. The summed E-state index contributed by atoms with van der Waals surface area (Å²) in [6.45, 7) is 6.13. The number of amidine groups is 1. The number of carbonyl (C=O) groups is 2. The molecule has 2 fully saturated rings. The molecule has 1 aromatic carbocycles. The summed E-state index contributed by atoms with van der Waals surface area (Å²) in [7, 11) is 1.42. The fraction of sp³-hybridized carbons (Fsp3) is 0.519. The molecule has 2 heterocycles. The average Bonchev–Trinajstić information content (AvgIpc) is 3.55. The van der Waals surface area contributed by atoms with Crippen molar-refractivity contribution in [3.8, 4) is 0 Å². The lowest BCUT2D eigenvalue weighted by Gasteiger charge is -2.37. The van der Waals surface area contributed by atoms with Gasteiger partial charge in [-0.15, -0.1) is 0 Å². The quantitative estimate of drug-likeness (QED) is 0.573. The summed E-state index contributed by atoms with van der Waals surface area (Å²) in [6.07, 6.45) is 5.82. The molecule has 0 radical (unpaired) electrons. The van der Waals surface area contributed by atoms with Crippen LogP contribution in [0.3, 0.4) is 0 Å². The van der Waals surface area contributed by atoms with Gasteiger partial charge in [0.2, 0.25) is 5.91 Å². The number of methoxy groups -OCH3 is 1. The summed E-state index contributed by atoms with van der Waals surface area (Å²) >= 11 is 1.53. The van der Waals surface area contributed by atoms with E-state index in [0.717, 1.165) is 45.6 Å². The zero-order chi connectivity index (χ0) is 24.0. The molecule has 2 saturated carbocycles. The summed E-state index contributed by atoms with van der Waals surface area (Å²) in [5, 5.41) is 6.15. The van der Waals surface area contributed by atoms with Gasteiger partial charge in [-0.2, -0.15) is 0 Å². The maximum Gasteiger partial charge on any atom is 0.338 e. The van der Waals surface area contributed by atoms with Gasteiger partial charge >= 0.3 is 5.97 Å². The molecule has 0 unspecified atom stereocenters. The smallest absolute Gasteiger partial charge is 0.338 e. The van der Waals surface area contributed by atoms with Crippen molar-refractivity contribution in [1.29, 1.82) is 0 Å². The molecule has 6 nitrogen and oxygen atoms in total. The Morgan fingerprint density at radius 1 is 1.24 bits per heavy atom. The van der Waals surface area contributed by atoms with Crippen LogP contribution in [-0.4, -0.2) is 35.1 Å². The molecule has 4 aliphatic rings. The molecule has 1 N–H and O–H groups in total. The van der Waals surface area contributed by atoms with Gasteiger partial charge in [0.25, 0.3) is 0 Å². The maximum atomic E-state index is 13.1. The number of benzene rings is 1. The standard InChI is InChI=1S/C27H33N3O3S/c1-5-21-24(26(32)33-4)25(20-10-15(2)6-7-16(20)3)30-19(14-34-27(30)29-21)13-23(31)28-22-12-17-8-9-18(22)11-17/h6-7,10,14,17-18,22,25H,5,8-9,11-13H2,1-4H3,(H,28,31)/t17-,18-,22-,25+/m0/s1. The number of nitrogens with one attached hydrogen (secondary N) is 1. The molecule has 7 heteroatoms. The first kappa shape index (κ1) is 23.2. The number of hydrogen-bond acceptors (Lipinski definition) is 6. The minimum atomic E-state index is -0.369. The van der Waals surface area contributed by atoms with Crippen LogP contribution in [0.2, 0.25) is 0 Å². The fourth-order valence-corrected chi connectivity index (χ4v) is 7.04. The van der Waals surface area contributed by atoms with Crippen molar-refractivity contribution >= 4 is 28.8 Å². The number of amides is 1. The third-order valence-corrected chi connectivity index (χ3v) is 8.67. The van der Waals surface area contributed by atoms with E-state index in [9.17, 15) is 9.59 Å². The Morgan fingerprint density at radius 2 is 2.06 bits per heavy atom. The number of thioether (sulfide) groups is 1. The first-order chi connectivity index (χ1) is 16.4. The van der Waals surface area contributed by atoms with E-state index < -0.39 is 0 Å². The largest absolute Gasteiger partial charge is 0.466 e. The van der Waals surface area contributed by atoms with Crippen LogP contribution in [0, 0.1) is 25.7 Å². The zero-order valence-electron chi connectivity index (χ0n) is 20.4.